The van der Waals surface area contributed by atoms with Crippen LogP contribution in [0.3, 0.4) is 0 Å². The Labute approximate surface area is 261 Å². The van der Waals surface area contributed by atoms with E-state index in [2.05, 4.69) is 16.0 Å². The molecule has 14 heteroatoms. The third kappa shape index (κ3) is 10.8. The van der Waals surface area contributed by atoms with Crippen molar-refractivity contribution >= 4 is 29.6 Å². The highest BCUT2D eigenvalue weighted by molar-refractivity contribution is 5.95. The van der Waals surface area contributed by atoms with E-state index in [1.807, 2.05) is 0 Å². The molecule has 1 aliphatic heterocycles. The number of carboxylic acids is 1. The van der Waals surface area contributed by atoms with Crippen LogP contribution < -0.4 is 27.4 Å². The van der Waals surface area contributed by atoms with Gasteiger partial charge in [-0.1, -0.05) is 24.3 Å². The minimum Gasteiger partial charge on any atom is -0.508 e. The average Bonchev–Trinajstić information content (AvgIpc) is 3.51. The summed E-state index contributed by atoms with van der Waals surface area (Å²) in [7, 11) is 0. The third-order valence-electron chi connectivity index (χ3n) is 7.55. The lowest BCUT2D eigenvalue weighted by Crippen LogP contribution is -2.58. The van der Waals surface area contributed by atoms with Gasteiger partial charge in [-0.25, -0.2) is 0 Å². The summed E-state index contributed by atoms with van der Waals surface area (Å²) in [5, 5.41) is 35.9. The van der Waals surface area contributed by atoms with Gasteiger partial charge in [0.05, 0.1) is 6.04 Å². The van der Waals surface area contributed by atoms with Crippen LogP contribution in [-0.4, -0.2) is 93.6 Å². The van der Waals surface area contributed by atoms with E-state index in [1.54, 1.807) is 24.3 Å². The molecule has 4 atom stereocenters. The van der Waals surface area contributed by atoms with Gasteiger partial charge in [0, 0.05) is 13.0 Å². The number of phenolic OH excluding ortho intramolecular Hbond substituents is 2. The first-order valence-electron chi connectivity index (χ1n) is 14.9. The predicted octanol–water partition coefficient (Wildman–Crippen LogP) is -0.499. The van der Waals surface area contributed by atoms with Crippen LogP contribution in [0.15, 0.2) is 48.5 Å². The highest BCUT2D eigenvalue weighted by Crippen LogP contribution is 2.21. The smallest absolute Gasteiger partial charge is 0.322 e. The van der Waals surface area contributed by atoms with Gasteiger partial charge >= 0.3 is 5.97 Å². The predicted molar refractivity (Wildman–Crippen MR) is 164 cm³/mol. The molecule has 1 saturated heterocycles. The zero-order chi connectivity index (χ0) is 32.9. The molecule has 4 amide bonds. The molecule has 1 heterocycles. The number of hydrogen-bond acceptors (Lipinski definition) is 9. The number of hydrogen-bond donors (Lipinski definition) is 8. The fourth-order valence-corrected chi connectivity index (χ4v) is 5.14. The van der Waals surface area contributed by atoms with Gasteiger partial charge < -0.3 is 47.6 Å². The summed E-state index contributed by atoms with van der Waals surface area (Å²) in [5.41, 5.74) is 13.1. The molecule has 244 valence electrons. The molecule has 0 saturated carbocycles. The van der Waals surface area contributed by atoms with Crippen LogP contribution in [0.4, 0.5) is 0 Å². The number of nitrogens with one attached hydrogen (secondary N) is 3. The fourth-order valence-electron chi connectivity index (χ4n) is 5.14. The monoisotopic (exact) mass is 626 g/mol. The van der Waals surface area contributed by atoms with Gasteiger partial charge in [0.15, 0.2) is 0 Å². The van der Waals surface area contributed by atoms with E-state index in [-0.39, 0.29) is 37.3 Å². The van der Waals surface area contributed by atoms with Gasteiger partial charge in [0.25, 0.3) is 0 Å². The summed E-state index contributed by atoms with van der Waals surface area (Å²) in [6.07, 6.45) is 2.35. The normalized spacial score (nSPS) is 16.3. The van der Waals surface area contributed by atoms with E-state index in [0.717, 1.165) is 0 Å². The number of rotatable bonds is 16. The Balaban J connectivity index is 1.79. The zero-order valence-electron chi connectivity index (χ0n) is 25.0. The Morgan fingerprint density at radius 2 is 1.42 bits per heavy atom. The fraction of sp³-hybridized carbons (Fsp3) is 0.452. The van der Waals surface area contributed by atoms with E-state index in [1.165, 1.54) is 29.2 Å². The molecule has 0 radical (unpaired) electrons. The van der Waals surface area contributed by atoms with Crippen molar-refractivity contribution < 1.29 is 39.3 Å². The number of carbonyl (C=O) groups excluding carboxylic acids is 4. The van der Waals surface area contributed by atoms with E-state index in [9.17, 15) is 34.2 Å². The highest BCUT2D eigenvalue weighted by Gasteiger charge is 2.38. The number of amides is 4. The molecule has 1 aliphatic rings. The maximum Gasteiger partial charge on any atom is 0.322 e. The van der Waals surface area contributed by atoms with Crippen molar-refractivity contribution in [3.8, 4) is 11.5 Å². The molecule has 10 N–H and O–H groups in total. The molecule has 0 bridgehead atoms. The first-order valence-corrected chi connectivity index (χ1v) is 14.9. The topological polar surface area (TPSA) is 237 Å². The number of aromatic hydroxyl groups is 2. The van der Waals surface area contributed by atoms with Gasteiger partial charge in [-0.05, 0) is 80.5 Å². The van der Waals surface area contributed by atoms with Crippen LogP contribution in [0.5, 0.6) is 11.5 Å². The summed E-state index contributed by atoms with van der Waals surface area (Å²) in [6, 6.07) is 8.25. The summed E-state index contributed by atoms with van der Waals surface area (Å²) >= 11 is 0. The van der Waals surface area contributed by atoms with Gasteiger partial charge in [0.2, 0.25) is 23.6 Å². The van der Waals surface area contributed by atoms with Gasteiger partial charge in [0.1, 0.15) is 36.2 Å². The molecule has 0 aromatic heterocycles. The van der Waals surface area contributed by atoms with Gasteiger partial charge in [-0.2, -0.15) is 0 Å². The summed E-state index contributed by atoms with van der Waals surface area (Å²) in [5.74, 6) is -3.47. The molecule has 1 fully saturated rings. The number of likely N-dealkylation sites (tertiary alicyclic amines) is 1. The van der Waals surface area contributed by atoms with Crippen molar-refractivity contribution in [3.63, 3.8) is 0 Å². The molecule has 2 aromatic rings. The lowest BCUT2D eigenvalue weighted by molar-refractivity contribution is -0.143. The van der Waals surface area contributed by atoms with E-state index in [0.29, 0.717) is 43.4 Å². The Morgan fingerprint density at radius 1 is 0.844 bits per heavy atom. The summed E-state index contributed by atoms with van der Waals surface area (Å²) in [6.45, 7) is 0.0176. The van der Waals surface area contributed by atoms with Crippen LogP contribution in [0.1, 0.15) is 43.2 Å². The van der Waals surface area contributed by atoms with Crippen LogP contribution in [0.25, 0.3) is 0 Å². The SMILES string of the molecule is NCCCCC(NC(=O)C(N)Cc1ccc(O)cc1)C(=O)NC(Cc1ccc(O)cc1)C(=O)N1CCCC1C(=O)NCC(=O)O. The standard InChI is InChI=1S/C31H42N6O8/c32-14-2-1-4-24(35-28(42)23(33)16-19-6-10-21(38)11-7-19)29(43)36-25(17-20-8-12-22(39)13-9-20)31(45)37-15-3-5-26(37)30(44)34-18-27(40)41/h6-13,23-26,38-39H,1-5,14-18,32-33H2,(H,34,44)(H,35,42)(H,36,43)(H,40,41). The van der Waals surface area contributed by atoms with Crippen LogP contribution >= 0.6 is 0 Å². The van der Waals surface area contributed by atoms with E-state index < -0.39 is 60.3 Å². The number of unbranched alkanes of at least 4 members (excludes halogenated alkanes) is 1. The first-order chi connectivity index (χ1) is 21.5. The summed E-state index contributed by atoms with van der Waals surface area (Å²) in [4.78, 5) is 65.6. The van der Waals surface area contributed by atoms with Gasteiger partial charge in [-0.15, -0.1) is 0 Å². The van der Waals surface area contributed by atoms with Gasteiger partial charge in [-0.3, -0.25) is 24.0 Å². The largest absolute Gasteiger partial charge is 0.508 e. The molecule has 2 aromatic carbocycles. The van der Waals surface area contributed by atoms with Crippen molar-refractivity contribution in [1.82, 2.24) is 20.9 Å². The van der Waals surface area contributed by atoms with E-state index >= 15 is 0 Å². The highest BCUT2D eigenvalue weighted by atomic mass is 16.4. The number of carbonyl (C=O) groups is 5. The Hall–Kier alpha value is -4.69. The quantitative estimate of drug-likeness (QED) is 0.111. The Morgan fingerprint density at radius 3 is 2.00 bits per heavy atom. The molecular formula is C31H42N6O8. The van der Waals surface area contributed by atoms with Crippen molar-refractivity contribution in [2.75, 3.05) is 19.6 Å². The second-order valence-corrected chi connectivity index (χ2v) is 11.1. The molecule has 4 unspecified atom stereocenters. The summed E-state index contributed by atoms with van der Waals surface area (Å²) < 4.78 is 0. The number of nitrogens with zero attached hydrogens (tertiary/aromatic N) is 1. The lowest BCUT2D eigenvalue weighted by Gasteiger charge is -2.30. The molecule has 0 aliphatic carbocycles. The number of nitrogens with two attached hydrogens (primary N) is 2. The first kappa shape index (κ1) is 34.8. The number of benzene rings is 2. The number of phenols is 2. The molecular weight excluding hydrogens is 584 g/mol. The van der Waals surface area contributed by atoms with Crippen LogP contribution in [0, 0.1) is 0 Å². The van der Waals surface area contributed by atoms with Crippen molar-refractivity contribution in [1.29, 1.82) is 0 Å². The lowest BCUT2D eigenvalue weighted by atomic mass is 10.0. The number of aliphatic carboxylic acids is 1. The third-order valence-corrected chi connectivity index (χ3v) is 7.55. The minimum absolute atomic E-state index is 0.0201. The van der Waals surface area contributed by atoms with Crippen molar-refractivity contribution in [2.24, 2.45) is 11.5 Å². The average molecular weight is 627 g/mol. The molecule has 3 rings (SSSR count). The molecule has 14 nitrogen and oxygen atoms in total. The zero-order valence-corrected chi connectivity index (χ0v) is 25.0. The van der Waals surface area contributed by atoms with E-state index in [4.69, 9.17) is 16.6 Å². The maximum absolute atomic E-state index is 13.9. The maximum atomic E-state index is 13.9. The van der Waals surface area contributed by atoms with Crippen LogP contribution in [0.2, 0.25) is 0 Å². The van der Waals surface area contributed by atoms with Crippen molar-refractivity contribution in [2.45, 2.75) is 69.1 Å². The van der Waals surface area contributed by atoms with Crippen molar-refractivity contribution in [3.05, 3.63) is 59.7 Å². The Bertz CT molecular complexity index is 1320. The Kier molecular flexibility index (Phi) is 13.1. The minimum atomic E-state index is -1.22. The molecule has 0 spiro atoms. The second kappa shape index (κ2) is 17.0. The second-order valence-electron chi connectivity index (χ2n) is 11.1. The molecule has 45 heavy (non-hydrogen) atoms. The number of carboxylic acid groups (broad SMARTS) is 1. The van der Waals surface area contributed by atoms with Crippen LogP contribution in [-0.2, 0) is 36.8 Å².